The number of hydrogen-bond donors (Lipinski definition) is 2. The van der Waals surface area contributed by atoms with E-state index in [4.69, 9.17) is 0 Å². The van der Waals surface area contributed by atoms with Gasteiger partial charge in [-0.3, -0.25) is 4.90 Å². The second-order valence-corrected chi connectivity index (χ2v) is 6.17. The molecule has 0 saturated carbocycles. The van der Waals surface area contributed by atoms with Gasteiger partial charge in [0, 0.05) is 18.6 Å². The van der Waals surface area contributed by atoms with E-state index in [0.717, 1.165) is 19.4 Å². The third-order valence-electron chi connectivity index (χ3n) is 5.04. The van der Waals surface area contributed by atoms with Crippen LogP contribution in [0.25, 0.3) is 0 Å². The molecule has 3 heteroatoms. The molecule has 2 fully saturated rings. The van der Waals surface area contributed by atoms with Crippen LogP contribution < -0.4 is 5.32 Å². The van der Waals surface area contributed by atoms with Crippen LogP contribution in [0.3, 0.4) is 0 Å². The van der Waals surface area contributed by atoms with Crippen LogP contribution in [0.2, 0.25) is 0 Å². The van der Waals surface area contributed by atoms with E-state index < -0.39 is 5.60 Å². The van der Waals surface area contributed by atoms with Crippen LogP contribution >= 0.6 is 0 Å². The van der Waals surface area contributed by atoms with Gasteiger partial charge in [-0.05, 0) is 51.6 Å². The molecule has 2 saturated heterocycles. The predicted octanol–water partition coefficient (Wildman–Crippen LogP) is 2.14. The maximum atomic E-state index is 10.6. The number of rotatable bonds is 5. The Morgan fingerprint density at radius 3 is 2.56 bits per heavy atom. The van der Waals surface area contributed by atoms with E-state index in [2.05, 4.69) is 24.1 Å². The van der Waals surface area contributed by atoms with Crippen LogP contribution in [0.5, 0.6) is 0 Å². The van der Waals surface area contributed by atoms with Gasteiger partial charge in [0.1, 0.15) is 0 Å². The highest BCUT2D eigenvalue weighted by Gasteiger charge is 2.35. The number of aliphatic hydroxyl groups is 1. The van der Waals surface area contributed by atoms with E-state index >= 15 is 0 Å². The fraction of sp³-hybridized carbons (Fsp3) is 1.00. The summed E-state index contributed by atoms with van der Waals surface area (Å²) in [4.78, 5) is 2.57. The van der Waals surface area contributed by atoms with Gasteiger partial charge < -0.3 is 10.4 Å². The van der Waals surface area contributed by atoms with Crippen LogP contribution in [0, 0.1) is 0 Å². The van der Waals surface area contributed by atoms with Crippen molar-refractivity contribution in [3.05, 3.63) is 0 Å². The second-order valence-electron chi connectivity index (χ2n) is 6.17. The summed E-state index contributed by atoms with van der Waals surface area (Å²) < 4.78 is 0. The number of nitrogens with one attached hydrogen (secondary N) is 1. The minimum atomic E-state index is -0.478. The van der Waals surface area contributed by atoms with Crippen molar-refractivity contribution in [1.29, 1.82) is 0 Å². The van der Waals surface area contributed by atoms with Crippen LogP contribution in [0.15, 0.2) is 0 Å². The van der Waals surface area contributed by atoms with E-state index in [0.29, 0.717) is 12.1 Å². The van der Waals surface area contributed by atoms with Crippen molar-refractivity contribution in [2.45, 2.75) is 76.5 Å². The molecule has 0 aliphatic carbocycles. The summed E-state index contributed by atoms with van der Waals surface area (Å²) in [6.07, 6.45) is 8.33. The maximum absolute atomic E-state index is 10.6. The molecular formula is C15H30N2O. The zero-order chi connectivity index (χ0) is 13.0. The van der Waals surface area contributed by atoms with Crippen LogP contribution in [-0.4, -0.2) is 47.3 Å². The van der Waals surface area contributed by atoms with E-state index in [1.54, 1.807) is 0 Å². The summed E-state index contributed by atoms with van der Waals surface area (Å²) in [5.74, 6) is 0. The largest absolute Gasteiger partial charge is 0.389 e. The number of likely N-dealkylation sites (tertiary alicyclic amines) is 1. The quantitative estimate of drug-likeness (QED) is 0.789. The Labute approximate surface area is 112 Å². The number of nitrogens with zero attached hydrogens (tertiary/aromatic N) is 1. The average molecular weight is 254 g/mol. The van der Waals surface area contributed by atoms with Gasteiger partial charge in [0.2, 0.25) is 0 Å². The first-order valence-electron chi connectivity index (χ1n) is 7.88. The van der Waals surface area contributed by atoms with Gasteiger partial charge in [-0.15, -0.1) is 0 Å². The highest BCUT2D eigenvalue weighted by atomic mass is 16.3. The molecule has 106 valence electrons. The molecule has 2 rings (SSSR count). The topological polar surface area (TPSA) is 35.5 Å². The summed E-state index contributed by atoms with van der Waals surface area (Å²) in [6, 6.07) is 1.33. The lowest BCUT2D eigenvalue weighted by molar-refractivity contribution is -0.0275. The normalized spacial score (nSPS) is 30.8. The first-order valence-corrected chi connectivity index (χ1v) is 7.88. The van der Waals surface area contributed by atoms with Gasteiger partial charge in [0.15, 0.2) is 0 Å². The Morgan fingerprint density at radius 2 is 1.94 bits per heavy atom. The summed E-state index contributed by atoms with van der Waals surface area (Å²) in [5, 5.41) is 14.2. The van der Waals surface area contributed by atoms with Crippen molar-refractivity contribution in [1.82, 2.24) is 10.2 Å². The maximum Gasteiger partial charge on any atom is 0.0769 e. The Bertz CT molecular complexity index is 247. The van der Waals surface area contributed by atoms with Crippen LogP contribution in [-0.2, 0) is 0 Å². The molecule has 0 radical (unpaired) electrons. The van der Waals surface area contributed by atoms with Crippen LogP contribution in [0.4, 0.5) is 0 Å². The minimum Gasteiger partial charge on any atom is -0.389 e. The fourth-order valence-electron chi connectivity index (χ4n) is 3.56. The average Bonchev–Trinajstić information content (AvgIpc) is 2.93. The highest BCUT2D eigenvalue weighted by molar-refractivity contribution is 4.93. The monoisotopic (exact) mass is 254 g/mol. The third kappa shape index (κ3) is 3.25. The van der Waals surface area contributed by atoms with E-state index in [1.165, 1.54) is 45.2 Å². The third-order valence-corrected chi connectivity index (χ3v) is 5.04. The smallest absolute Gasteiger partial charge is 0.0769 e. The number of hydrogen-bond acceptors (Lipinski definition) is 3. The zero-order valence-corrected chi connectivity index (χ0v) is 12.1. The highest BCUT2D eigenvalue weighted by Crippen LogP contribution is 2.27. The van der Waals surface area contributed by atoms with Crippen molar-refractivity contribution in [2.24, 2.45) is 0 Å². The second kappa shape index (κ2) is 6.36. The van der Waals surface area contributed by atoms with E-state index in [1.807, 2.05) is 0 Å². The summed E-state index contributed by atoms with van der Waals surface area (Å²) in [7, 11) is 0. The fourth-order valence-corrected chi connectivity index (χ4v) is 3.56. The molecule has 0 bridgehead atoms. The van der Waals surface area contributed by atoms with Gasteiger partial charge in [-0.25, -0.2) is 0 Å². The molecule has 2 atom stereocenters. The van der Waals surface area contributed by atoms with Gasteiger partial charge >= 0.3 is 0 Å². The Hall–Kier alpha value is -0.120. The zero-order valence-electron chi connectivity index (χ0n) is 12.1. The summed E-state index contributed by atoms with van der Waals surface area (Å²) >= 11 is 0. The molecule has 18 heavy (non-hydrogen) atoms. The first kappa shape index (κ1) is 14.3. The summed E-state index contributed by atoms with van der Waals surface area (Å²) in [6.45, 7) is 7.43. The lowest BCUT2D eigenvalue weighted by Gasteiger charge is -2.43. The first-order chi connectivity index (χ1) is 8.68. The standard InChI is InChI=1S/C15H30N2O/c1-3-15(18,4-2)12-17-11-6-5-9-14(17)13-8-7-10-16-13/h13-14,16,18H,3-12H2,1-2H3. The molecule has 2 heterocycles. The SMILES string of the molecule is CCC(O)(CC)CN1CCCCC1C1CCCN1. The molecule has 0 amide bonds. The molecule has 3 nitrogen and oxygen atoms in total. The molecule has 0 spiro atoms. The van der Waals surface area contributed by atoms with Crippen molar-refractivity contribution in [3.8, 4) is 0 Å². The van der Waals surface area contributed by atoms with Gasteiger partial charge in [0.25, 0.3) is 0 Å². The molecule has 2 aliphatic rings. The number of piperidine rings is 1. The molecule has 0 aromatic rings. The van der Waals surface area contributed by atoms with Crippen molar-refractivity contribution in [3.63, 3.8) is 0 Å². The molecular weight excluding hydrogens is 224 g/mol. The Morgan fingerprint density at radius 1 is 1.17 bits per heavy atom. The van der Waals surface area contributed by atoms with Crippen molar-refractivity contribution < 1.29 is 5.11 Å². The molecule has 2 N–H and O–H groups in total. The lowest BCUT2D eigenvalue weighted by atomic mass is 9.90. The Kier molecular flexibility index (Phi) is 5.05. The van der Waals surface area contributed by atoms with E-state index in [9.17, 15) is 5.11 Å². The van der Waals surface area contributed by atoms with E-state index in [-0.39, 0.29) is 0 Å². The van der Waals surface area contributed by atoms with Gasteiger partial charge in [-0.2, -0.15) is 0 Å². The molecule has 0 aromatic carbocycles. The van der Waals surface area contributed by atoms with Crippen LogP contribution in [0.1, 0.15) is 58.8 Å². The predicted molar refractivity (Wildman–Crippen MR) is 75.8 cm³/mol. The van der Waals surface area contributed by atoms with Crippen molar-refractivity contribution >= 4 is 0 Å². The van der Waals surface area contributed by atoms with Crippen molar-refractivity contribution in [2.75, 3.05) is 19.6 Å². The number of β-amino-alcohol motifs (C(OH)–C–C–N with tert-alkyl or cyclic N) is 1. The summed E-state index contributed by atoms with van der Waals surface area (Å²) in [5.41, 5.74) is -0.478. The molecule has 0 aromatic heterocycles. The van der Waals surface area contributed by atoms with Gasteiger partial charge in [0.05, 0.1) is 5.60 Å². The Balaban J connectivity index is 1.98. The molecule has 2 aliphatic heterocycles. The minimum absolute atomic E-state index is 0.478. The van der Waals surface area contributed by atoms with Gasteiger partial charge in [-0.1, -0.05) is 20.3 Å². The molecule has 2 unspecified atom stereocenters. The lowest BCUT2D eigenvalue weighted by Crippen LogP contribution is -2.55.